The number of amides is 1. The van der Waals surface area contributed by atoms with Crippen molar-refractivity contribution in [2.45, 2.75) is 27.5 Å². The standard InChI is InChI=1S/C20H17F3N4OS3/c1-13-2-4-15(5-3-13)11-29-18-26-27-19(31-18)30-12-17(28)25-24-10-14-6-8-16(9-7-14)20(21,22)23/h2-10H,11-12H2,1H3,(H,25,28). The average molecular weight is 483 g/mol. The molecule has 0 saturated carbocycles. The number of hydrazone groups is 1. The van der Waals surface area contributed by atoms with Crippen molar-refractivity contribution in [1.82, 2.24) is 15.6 Å². The van der Waals surface area contributed by atoms with E-state index in [1.165, 1.54) is 52.6 Å². The van der Waals surface area contributed by atoms with Gasteiger partial charge in [0.25, 0.3) is 5.91 Å². The summed E-state index contributed by atoms with van der Waals surface area (Å²) in [5, 5.41) is 12.0. The highest BCUT2D eigenvalue weighted by Crippen LogP contribution is 2.31. The Hall–Kier alpha value is -2.37. The summed E-state index contributed by atoms with van der Waals surface area (Å²) >= 11 is 4.24. The minimum Gasteiger partial charge on any atom is -0.272 e. The molecule has 0 aliphatic heterocycles. The number of halogens is 3. The van der Waals surface area contributed by atoms with Crippen LogP contribution in [0.25, 0.3) is 0 Å². The maximum atomic E-state index is 12.5. The molecule has 0 unspecified atom stereocenters. The van der Waals surface area contributed by atoms with E-state index in [-0.39, 0.29) is 11.7 Å². The number of carbonyl (C=O) groups excluding carboxylic acids is 1. The zero-order valence-electron chi connectivity index (χ0n) is 16.2. The van der Waals surface area contributed by atoms with Crippen molar-refractivity contribution < 1.29 is 18.0 Å². The summed E-state index contributed by atoms with van der Waals surface area (Å²) in [5.74, 6) is 0.539. The fourth-order valence-electron chi connectivity index (χ4n) is 2.24. The van der Waals surface area contributed by atoms with Gasteiger partial charge in [-0.2, -0.15) is 18.3 Å². The van der Waals surface area contributed by atoms with Gasteiger partial charge in [0.15, 0.2) is 8.68 Å². The number of rotatable bonds is 8. The summed E-state index contributed by atoms with van der Waals surface area (Å²) < 4.78 is 39.1. The number of benzene rings is 2. The minimum absolute atomic E-state index is 0.0988. The number of hydrogen-bond acceptors (Lipinski definition) is 7. The van der Waals surface area contributed by atoms with E-state index in [1.54, 1.807) is 11.8 Å². The van der Waals surface area contributed by atoms with Gasteiger partial charge < -0.3 is 0 Å². The molecule has 2 aromatic carbocycles. The monoisotopic (exact) mass is 482 g/mol. The van der Waals surface area contributed by atoms with Gasteiger partial charge in [0.05, 0.1) is 17.5 Å². The van der Waals surface area contributed by atoms with Crippen molar-refractivity contribution in [3.8, 4) is 0 Å². The topological polar surface area (TPSA) is 67.2 Å². The van der Waals surface area contributed by atoms with Crippen molar-refractivity contribution in [3.63, 3.8) is 0 Å². The first-order valence-electron chi connectivity index (χ1n) is 8.93. The first kappa shape index (κ1) is 23.3. The predicted octanol–water partition coefficient (Wildman–Crippen LogP) is 5.40. The van der Waals surface area contributed by atoms with Gasteiger partial charge in [0, 0.05) is 5.75 Å². The summed E-state index contributed by atoms with van der Waals surface area (Å²) in [7, 11) is 0. The summed E-state index contributed by atoms with van der Waals surface area (Å²) in [6, 6.07) is 12.8. The molecule has 0 aliphatic carbocycles. The Kier molecular flexibility index (Phi) is 8.10. The van der Waals surface area contributed by atoms with E-state index in [4.69, 9.17) is 0 Å². The molecule has 0 saturated heterocycles. The van der Waals surface area contributed by atoms with Crippen LogP contribution in [0.15, 0.2) is 62.3 Å². The molecule has 0 bridgehead atoms. The van der Waals surface area contributed by atoms with E-state index in [9.17, 15) is 18.0 Å². The molecule has 5 nitrogen and oxygen atoms in total. The molecule has 11 heteroatoms. The highest BCUT2D eigenvalue weighted by molar-refractivity contribution is 8.03. The van der Waals surface area contributed by atoms with Crippen molar-refractivity contribution in [2.24, 2.45) is 5.10 Å². The number of hydrogen-bond donors (Lipinski definition) is 1. The van der Waals surface area contributed by atoms with Gasteiger partial charge in [0.2, 0.25) is 0 Å². The molecule has 162 valence electrons. The van der Waals surface area contributed by atoms with E-state index < -0.39 is 11.7 Å². The maximum Gasteiger partial charge on any atom is 0.416 e. The second kappa shape index (κ2) is 10.8. The van der Waals surface area contributed by atoms with Crippen molar-refractivity contribution in [1.29, 1.82) is 0 Å². The fourth-order valence-corrected chi connectivity index (χ4v) is 5.01. The van der Waals surface area contributed by atoms with Crippen LogP contribution in [0.5, 0.6) is 0 Å². The van der Waals surface area contributed by atoms with Crippen LogP contribution in [0.3, 0.4) is 0 Å². The first-order valence-corrected chi connectivity index (χ1v) is 11.7. The SMILES string of the molecule is Cc1ccc(CSc2nnc(SCC(=O)NN=Cc3ccc(C(F)(F)F)cc3)s2)cc1. The number of aryl methyl sites for hydroxylation is 1. The van der Waals surface area contributed by atoms with Crippen LogP contribution in [0.1, 0.15) is 22.3 Å². The molecule has 1 heterocycles. The Bertz CT molecular complexity index is 1040. The van der Waals surface area contributed by atoms with E-state index >= 15 is 0 Å². The van der Waals surface area contributed by atoms with E-state index in [2.05, 4.69) is 45.0 Å². The Labute approximate surface area is 189 Å². The van der Waals surface area contributed by atoms with E-state index in [0.29, 0.717) is 9.90 Å². The third-order valence-electron chi connectivity index (χ3n) is 3.84. The molecule has 0 atom stereocenters. The van der Waals surface area contributed by atoms with Crippen LogP contribution in [-0.2, 0) is 16.7 Å². The Morgan fingerprint density at radius 1 is 1.06 bits per heavy atom. The predicted molar refractivity (Wildman–Crippen MR) is 119 cm³/mol. The zero-order valence-corrected chi connectivity index (χ0v) is 18.7. The lowest BCUT2D eigenvalue weighted by Crippen LogP contribution is -2.19. The summed E-state index contributed by atoms with van der Waals surface area (Å²) in [4.78, 5) is 11.9. The second-order valence-electron chi connectivity index (χ2n) is 6.31. The van der Waals surface area contributed by atoms with Crippen molar-refractivity contribution in [2.75, 3.05) is 5.75 Å². The molecular formula is C20H17F3N4OS3. The van der Waals surface area contributed by atoms with Crippen molar-refractivity contribution in [3.05, 3.63) is 70.8 Å². The third-order valence-corrected chi connectivity index (χ3v) is 7.10. The first-order chi connectivity index (χ1) is 14.8. The molecule has 3 aromatic rings. The van der Waals surface area contributed by atoms with Gasteiger partial charge >= 0.3 is 6.18 Å². The molecule has 1 aromatic heterocycles. The number of thioether (sulfide) groups is 2. The fraction of sp³-hybridized carbons (Fsp3) is 0.200. The van der Waals surface area contributed by atoms with Crippen LogP contribution in [-0.4, -0.2) is 28.1 Å². The Balaban J connectivity index is 1.40. The minimum atomic E-state index is -4.38. The molecule has 31 heavy (non-hydrogen) atoms. The third kappa shape index (κ3) is 7.67. The normalized spacial score (nSPS) is 11.7. The maximum absolute atomic E-state index is 12.5. The van der Waals surface area contributed by atoms with Crippen LogP contribution in [0.2, 0.25) is 0 Å². The van der Waals surface area contributed by atoms with Crippen LogP contribution >= 0.6 is 34.9 Å². The van der Waals surface area contributed by atoms with E-state index in [1.807, 2.05) is 6.92 Å². The lowest BCUT2D eigenvalue weighted by atomic mass is 10.1. The van der Waals surface area contributed by atoms with Crippen LogP contribution < -0.4 is 5.43 Å². The molecule has 1 amide bonds. The summed E-state index contributed by atoms with van der Waals surface area (Å²) in [6.45, 7) is 2.04. The summed E-state index contributed by atoms with van der Waals surface area (Å²) in [5.41, 5.74) is 4.46. The molecular weight excluding hydrogens is 465 g/mol. The zero-order chi connectivity index (χ0) is 22.3. The smallest absolute Gasteiger partial charge is 0.272 e. The molecule has 1 N–H and O–H groups in total. The number of nitrogens with one attached hydrogen (secondary N) is 1. The van der Waals surface area contributed by atoms with Gasteiger partial charge in [-0.1, -0.05) is 76.8 Å². The van der Waals surface area contributed by atoms with Gasteiger partial charge in [-0.25, -0.2) is 5.43 Å². The molecule has 0 spiro atoms. The Morgan fingerprint density at radius 2 is 1.71 bits per heavy atom. The molecule has 3 rings (SSSR count). The lowest BCUT2D eigenvalue weighted by molar-refractivity contribution is -0.137. The van der Waals surface area contributed by atoms with Gasteiger partial charge in [-0.05, 0) is 30.2 Å². The highest BCUT2D eigenvalue weighted by atomic mass is 32.2. The lowest BCUT2D eigenvalue weighted by Gasteiger charge is -2.05. The number of aromatic nitrogens is 2. The van der Waals surface area contributed by atoms with Crippen molar-refractivity contribution >= 4 is 47.0 Å². The molecule has 0 aliphatic rings. The average Bonchev–Trinajstić information content (AvgIpc) is 3.19. The van der Waals surface area contributed by atoms with Crippen LogP contribution in [0, 0.1) is 6.92 Å². The largest absolute Gasteiger partial charge is 0.416 e. The Morgan fingerprint density at radius 3 is 2.35 bits per heavy atom. The second-order valence-corrected chi connectivity index (χ2v) is 9.73. The van der Waals surface area contributed by atoms with Gasteiger partial charge in [-0.15, -0.1) is 10.2 Å². The van der Waals surface area contributed by atoms with E-state index in [0.717, 1.165) is 22.2 Å². The number of alkyl halides is 3. The molecule has 0 radical (unpaired) electrons. The van der Waals surface area contributed by atoms with Gasteiger partial charge in [0.1, 0.15) is 0 Å². The summed E-state index contributed by atoms with van der Waals surface area (Å²) in [6.07, 6.45) is -3.10. The molecule has 0 fully saturated rings. The van der Waals surface area contributed by atoms with Crippen LogP contribution in [0.4, 0.5) is 13.2 Å². The highest BCUT2D eigenvalue weighted by Gasteiger charge is 2.29. The number of carbonyl (C=O) groups is 1. The van der Waals surface area contributed by atoms with Gasteiger partial charge in [-0.3, -0.25) is 4.79 Å². The quantitative estimate of drug-likeness (QED) is 0.265. The number of nitrogens with zero attached hydrogens (tertiary/aromatic N) is 3.